The van der Waals surface area contributed by atoms with Crippen molar-refractivity contribution in [2.45, 2.75) is 264 Å². The van der Waals surface area contributed by atoms with E-state index in [1.165, 1.54) is 18.3 Å². The molecule has 4 aromatic heterocycles. The SMILES string of the molecule is CCOC(=O)c1cn([C@H](CO[Si](C)(C)C(C)(C)C)C(C)C)c2cc(C)c(Br)cc2c1=O.CCOC(=O)c1cn([C@H](CO[Si](C)(C)C(C)(C)C)C(C)C)c2cc(C)c(C)cc2c1=O.CCOC(=O)c1cn([C@H](CO[Si](C)(C)C(C)(C)C)C(C)C)c2cc(C)c(CBr)cc2c1=O.Cc1cc2c(cc1CNc1ccc(F)cc1)c(=O)c(C(=O)O)cn2[C@H](CO)C(C)C. The Kier molecular flexibility index (Phi) is 36.5. The lowest BCUT2D eigenvalue weighted by atomic mass is 9.99. The van der Waals surface area contributed by atoms with Crippen LogP contribution in [0.25, 0.3) is 43.6 Å². The van der Waals surface area contributed by atoms with Crippen LogP contribution in [-0.4, -0.2) is 124 Å². The van der Waals surface area contributed by atoms with E-state index in [1.807, 2.05) is 89.4 Å². The molecule has 0 saturated carbocycles. The van der Waals surface area contributed by atoms with Gasteiger partial charge in [-0.2, -0.15) is 0 Å². The summed E-state index contributed by atoms with van der Waals surface area (Å²) in [6.45, 7) is 67.8. The van der Waals surface area contributed by atoms with E-state index in [0.29, 0.717) is 53.4 Å². The molecule has 4 atom stereocenters. The molecule has 5 aromatic carbocycles. The van der Waals surface area contributed by atoms with Gasteiger partial charge in [0.2, 0.25) is 21.7 Å². The van der Waals surface area contributed by atoms with Crippen LogP contribution in [0.5, 0.6) is 0 Å². The topological polar surface area (TPSA) is 264 Å². The molecule has 0 unspecified atom stereocenters. The first-order valence-electron chi connectivity index (χ1n) is 43.1. The summed E-state index contributed by atoms with van der Waals surface area (Å²) in [7, 11) is -5.90. The third kappa shape index (κ3) is 25.1. The van der Waals surface area contributed by atoms with Crippen LogP contribution in [-0.2, 0) is 39.4 Å². The summed E-state index contributed by atoms with van der Waals surface area (Å²) in [5, 5.41) is 25.4. The number of aromatic carboxylic acids is 1. The second-order valence-corrected chi connectivity index (χ2v) is 54.2. The molecule has 0 aliphatic heterocycles. The van der Waals surface area contributed by atoms with E-state index >= 15 is 0 Å². The van der Waals surface area contributed by atoms with Gasteiger partial charge in [-0.1, -0.05) is 150 Å². The number of carboxylic acids is 1. The molecule has 0 amide bonds. The van der Waals surface area contributed by atoms with E-state index in [9.17, 15) is 53.0 Å². The van der Waals surface area contributed by atoms with Crippen LogP contribution in [0.2, 0.25) is 54.4 Å². The number of aliphatic hydroxyl groups excluding tert-OH is 1. The van der Waals surface area contributed by atoms with Crippen molar-refractivity contribution in [2.75, 3.05) is 51.6 Å². The van der Waals surface area contributed by atoms with Crippen molar-refractivity contribution in [3.8, 4) is 0 Å². The van der Waals surface area contributed by atoms with Crippen molar-refractivity contribution in [3.05, 3.63) is 210 Å². The molecule has 0 aliphatic rings. The second-order valence-electron chi connectivity index (χ2n) is 38.4. The molecular weight excluding hydrogens is 1750 g/mol. The summed E-state index contributed by atoms with van der Waals surface area (Å²) in [6.07, 6.45) is 6.34. The Morgan fingerprint density at radius 2 is 0.726 bits per heavy atom. The summed E-state index contributed by atoms with van der Waals surface area (Å²) >= 11 is 7.04. The minimum absolute atomic E-state index is 0.0208. The molecule has 4 heterocycles. The minimum Gasteiger partial charge on any atom is -0.477 e. The van der Waals surface area contributed by atoms with Crippen molar-refractivity contribution >= 4 is 130 Å². The van der Waals surface area contributed by atoms with Crippen LogP contribution in [0.1, 0.15) is 243 Å². The number of carbonyl (C=O) groups excluding carboxylic acids is 3. The molecule has 0 aliphatic carbocycles. The van der Waals surface area contributed by atoms with Crippen molar-refractivity contribution in [3.63, 3.8) is 0 Å². The lowest BCUT2D eigenvalue weighted by Gasteiger charge is -2.38. The number of nitrogens with one attached hydrogen (secondary N) is 1. The molecule has 9 rings (SSSR count). The van der Waals surface area contributed by atoms with Crippen LogP contribution in [0.3, 0.4) is 0 Å². The molecule has 3 N–H and O–H groups in total. The fourth-order valence-corrected chi connectivity index (χ4v) is 17.5. The van der Waals surface area contributed by atoms with Gasteiger partial charge >= 0.3 is 23.9 Å². The molecule has 124 heavy (non-hydrogen) atoms. The molecule has 0 spiro atoms. The van der Waals surface area contributed by atoms with Gasteiger partial charge in [-0.15, -0.1) is 0 Å². The third-order valence-corrected chi connectivity index (χ3v) is 40.0. The molecule has 0 bridgehead atoms. The lowest BCUT2D eigenvalue weighted by molar-refractivity contribution is 0.0514. The monoisotopic (exact) mass is 1890 g/mol. The van der Waals surface area contributed by atoms with E-state index in [0.717, 1.165) is 65.7 Å². The number of nitrogens with zero attached hydrogens (tertiary/aromatic N) is 4. The van der Waals surface area contributed by atoms with Crippen LogP contribution < -0.4 is 27.0 Å². The van der Waals surface area contributed by atoms with Gasteiger partial charge in [0.25, 0.3) is 0 Å². The van der Waals surface area contributed by atoms with Gasteiger partial charge in [-0.3, -0.25) is 19.2 Å². The highest BCUT2D eigenvalue weighted by Gasteiger charge is 2.42. The number of ether oxygens (including phenoxy) is 3. The number of esters is 3. The van der Waals surface area contributed by atoms with Gasteiger partial charge < -0.3 is 61.3 Å². The highest BCUT2D eigenvalue weighted by atomic mass is 79.9. The predicted molar refractivity (Wildman–Crippen MR) is 517 cm³/mol. The maximum atomic E-state index is 13.3. The number of anilines is 1. The summed E-state index contributed by atoms with van der Waals surface area (Å²) < 4.78 is 57.1. The Hall–Kier alpha value is -8.00. The van der Waals surface area contributed by atoms with Crippen molar-refractivity contribution in [1.82, 2.24) is 18.3 Å². The molecule has 9 aromatic rings. The van der Waals surface area contributed by atoms with Gasteiger partial charge in [0.1, 0.15) is 28.1 Å². The fourth-order valence-electron chi connectivity index (χ4n) is 13.5. The number of fused-ring (bicyclic) bond motifs is 4. The average Bonchev–Trinajstić information content (AvgIpc) is 0.880. The van der Waals surface area contributed by atoms with Crippen LogP contribution in [0, 0.1) is 64.1 Å². The number of carboxylic acid groups (broad SMARTS) is 1. The Labute approximate surface area is 753 Å². The standard InChI is InChI=1S/C25H38BrNO4Si.C25H39NO4Si.C24H36BrNO4Si.C23H25FN2O4/c1-10-30-24(29)20-14-27(21-11-17(4)18(13-26)12-19(21)23(20)28)22(16(2)3)15-31-32(8,9)25(5,6)7;1-11-29-24(28)20-14-26(21-13-18(5)17(4)12-19(21)23(20)27)22(16(2)3)15-30-31(9,10)25(6,7)8;1-10-29-23(28)18-13-26(20-11-16(4)19(25)12-17(20)22(18)27)21(15(2)3)14-30-31(8,9)24(5,6)7;1-13(2)21(12-27)26-11-19(23(29)30)22(28)18-9-15(14(3)8-20(18)26)10-25-17-6-4-16(24)5-7-17/h11-12,14,16,22H,10,13,15H2,1-9H3;12-14,16,22H,11,15H2,1-10H3;11-13,15,21H,10,14H2,1-9H3;4-9,11,13,21,25,27H,10,12H2,1-3H3,(H,29,30)/t2*22-;2*21-/m1111/s1. The van der Waals surface area contributed by atoms with Crippen LogP contribution in [0.4, 0.5) is 10.1 Å². The molecule has 27 heteroatoms. The van der Waals surface area contributed by atoms with Gasteiger partial charge in [0.05, 0.1) is 92.5 Å². The van der Waals surface area contributed by atoms with E-state index < -0.39 is 54.3 Å². The first-order chi connectivity index (χ1) is 57.4. The third-order valence-electron chi connectivity index (χ3n) is 25.1. The second kappa shape index (κ2) is 43.2. The fraction of sp³-hybridized carbons (Fsp3) is 0.526. The highest BCUT2D eigenvalue weighted by Crippen LogP contribution is 2.42. The number of alkyl halides is 1. The number of carbonyl (C=O) groups is 4. The molecular formula is C97H138Br2FN5O16Si3. The van der Waals surface area contributed by atoms with Crippen molar-refractivity contribution in [2.24, 2.45) is 23.7 Å². The number of aryl methyl sites for hydroxylation is 5. The average molecular weight is 1890 g/mol. The number of hydrogen-bond acceptors (Lipinski definition) is 16. The van der Waals surface area contributed by atoms with Gasteiger partial charge in [-0.25, -0.2) is 23.6 Å². The van der Waals surface area contributed by atoms with E-state index in [2.05, 4.69) is 189 Å². The molecule has 0 fully saturated rings. The Morgan fingerprint density at radius 3 is 1.05 bits per heavy atom. The Balaban J connectivity index is 0.000000256. The number of benzene rings is 5. The molecule has 21 nitrogen and oxygen atoms in total. The van der Waals surface area contributed by atoms with Gasteiger partial charge in [0.15, 0.2) is 25.0 Å². The number of aromatic nitrogens is 4. The number of pyridine rings is 4. The van der Waals surface area contributed by atoms with E-state index in [1.54, 1.807) is 68.2 Å². The van der Waals surface area contributed by atoms with E-state index in [-0.39, 0.29) is 139 Å². The molecule has 0 saturated heterocycles. The normalized spacial score (nSPS) is 13.3. The van der Waals surface area contributed by atoms with Crippen LogP contribution >= 0.6 is 31.9 Å². The van der Waals surface area contributed by atoms with E-state index in [4.69, 9.17) is 27.5 Å². The lowest BCUT2D eigenvalue weighted by Crippen LogP contribution is -2.42. The van der Waals surface area contributed by atoms with Crippen LogP contribution in [0.15, 0.2) is 121 Å². The maximum absolute atomic E-state index is 13.3. The molecule has 0 radical (unpaired) electrons. The molecule has 680 valence electrons. The number of halogens is 3. The van der Waals surface area contributed by atoms with Gasteiger partial charge in [-0.05, 0) is 245 Å². The first kappa shape index (κ1) is 105. The Bertz CT molecular complexity index is 5410. The Morgan fingerprint density at radius 1 is 0.435 bits per heavy atom. The quantitative estimate of drug-likeness (QED) is 0.0170. The number of rotatable bonds is 29. The van der Waals surface area contributed by atoms with Crippen molar-refractivity contribution in [1.29, 1.82) is 0 Å². The summed E-state index contributed by atoms with van der Waals surface area (Å²) in [5.41, 5.74) is 9.23. The zero-order valence-corrected chi connectivity index (χ0v) is 85.4. The summed E-state index contributed by atoms with van der Waals surface area (Å²) in [6, 6.07) is 20.7. The van der Waals surface area contributed by atoms with Crippen molar-refractivity contribution < 1.29 is 61.3 Å². The zero-order chi connectivity index (χ0) is 93.9. The minimum atomic E-state index is -1.97. The largest absolute Gasteiger partial charge is 0.477 e. The maximum Gasteiger partial charge on any atom is 0.343 e. The highest BCUT2D eigenvalue weighted by molar-refractivity contribution is 9.10. The number of aliphatic hydroxyl groups is 1. The number of hydrogen-bond donors (Lipinski definition) is 3. The summed E-state index contributed by atoms with van der Waals surface area (Å²) in [5.74, 6) is -2.64. The summed E-state index contributed by atoms with van der Waals surface area (Å²) in [4.78, 5) is 102. The first-order valence-corrected chi connectivity index (χ1v) is 53.7. The van der Waals surface area contributed by atoms with Gasteiger partial charge in [0, 0.05) is 68.4 Å². The zero-order valence-electron chi connectivity index (χ0n) is 79.3. The predicted octanol–water partition coefficient (Wildman–Crippen LogP) is 23.0. The smallest absolute Gasteiger partial charge is 0.343 e.